The normalized spacial score (nSPS) is 29.3. The fraction of sp³-hybridized carbons (Fsp3) is 0.667. The van der Waals surface area contributed by atoms with Gasteiger partial charge in [-0.2, -0.15) is 0 Å². The Hall–Kier alpha value is -1.06. The lowest BCUT2D eigenvalue weighted by Crippen LogP contribution is -2.21. The Morgan fingerprint density at radius 3 is 2.40 bits per heavy atom. The quantitative estimate of drug-likeness (QED) is 0.545. The van der Waals surface area contributed by atoms with Gasteiger partial charge in [-0.3, -0.25) is 9.59 Å². The maximum atomic E-state index is 10.7. The van der Waals surface area contributed by atoms with E-state index in [2.05, 4.69) is 5.32 Å². The van der Waals surface area contributed by atoms with Crippen LogP contribution in [-0.2, 0) is 9.59 Å². The van der Waals surface area contributed by atoms with E-state index in [1.807, 2.05) is 0 Å². The standard InChI is InChI=1S/C6H9NO3/c1-7-5(8)3-2-4(3)6(9)10/h3-4H,2H2,1H3,(H,7,8)(H,9,10)/t3-,4+/m1/s1. The van der Waals surface area contributed by atoms with Gasteiger partial charge in [0.05, 0.1) is 11.8 Å². The van der Waals surface area contributed by atoms with Crippen molar-refractivity contribution in [3.8, 4) is 0 Å². The Bertz CT molecular complexity index is 178. The van der Waals surface area contributed by atoms with E-state index in [4.69, 9.17) is 5.11 Å². The zero-order valence-corrected chi connectivity index (χ0v) is 5.63. The van der Waals surface area contributed by atoms with E-state index in [1.165, 1.54) is 7.05 Å². The topological polar surface area (TPSA) is 66.4 Å². The molecule has 0 saturated heterocycles. The van der Waals surface area contributed by atoms with E-state index >= 15 is 0 Å². The second kappa shape index (κ2) is 2.28. The van der Waals surface area contributed by atoms with Crippen LogP contribution in [0.5, 0.6) is 0 Å². The molecule has 0 bridgehead atoms. The van der Waals surface area contributed by atoms with Gasteiger partial charge in [0.1, 0.15) is 0 Å². The molecule has 56 valence electrons. The summed E-state index contributed by atoms with van der Waals surface area (Å²) in [6.45, 7) is 0. The molecule has 4 heteroatoms. The Morgan fingerprint density at radius 2 is 2.10 bits per heavy atom. The number of hydrogen-bond donors (Lipinski definition) is 2. The molecule has 4 nitrogen and oxygen atoms in total. The molecule has 1 aliphatic rings. The summed E-state index contributed by atoms with van der Waals surface area (Å²) in [6, 6.07) is 0. The third kappa shape index (κ3) is 1.10. The first-order valence-corrected chi connectivity index (χ1v) is 3.11. The minimum atomic E-state index is -0.867. The zero-order chi connectivity index (χ0) is 7.72. The van der Waals surface area contributed by atoms with Gasteiger partial charge in [0.2, 0.25) is 5.91 Å². The summed E-state index contributed by atoms with van der Waals surface area (Å²) in [4.78, 5) is 20.9. The molecule has 1 rings (SSSR count). The van der Waals surface area contributed by atoms with Crippen LogP contribution < -0.4 is 5.32 Å². The summed E-state index contributed by atoms with van der Waals surface area (Å²) in [5, 5.41) is 10.8. The molecule has 0 aromatic heterocycles. The molecule has 0 spiro atoms. The predicted molar refractivity (Wildman–Crippen MR) is 33.3 cm³/mol. The van der Waals surface area contributed by atoms with Gasteiger partial charge >= 0.3 is 5.97 Å². The van der Waals surface area contributed by atoms with Crippen LogP contribution >= 0.6 is 0 Å². The zero-order valence-electron chi connectivity index (χ0n) is 5.63. The number of carboxylic acids is 1. The van der Waals surface area contributed by atoms with Crippen molar-refractivity contribution >= 4 is 11.9 Å². The third-order valence-corrected chi connectivity index (χ3v) is 1.69. The number of carbonyl (C=O) groups excluding carboxylic acids is 1. The Balaban J connectivity index is 2.38. The molecule has 0 heterocycles. The lowest BCUT2D eigenvalue weighted by atomic mass is 10.3. The lowest BCUT2D eigenvalue weighted by Gasteiger charge is -1.93. The second-order valence-electron chi connectivity index (χ2n) is 2.40. The Morgan fingerprint density at radius 1 is 1.50 bits per heavy atom. The van der Waals surface area contributed by atoms with Crippen molar-refractivity contribution in [2.24, 2.45) is 11.8 Å². The fourth-order valence-corrected chi connectivity index (χ4v) is 0.943. The van der Waals surface area contributed by atoms with E-state index in [0.717, 1.165) is 0 Å². The number of carbonyl (C=O) groups is 2. The highest BCUT2D eigenvalue weighted by Crippen LogP contribution is 2.38. The van der Waals surface area contributed by atoms with Crippen molar-refractivity contribution in [2.75, 3.05) is 7.05 Å². The van der Waals surface area contributed by atoms with Gasteiger partial charge in [0.15, 0.2) is 0 Å². The van der Waals surface area contributed by atoms with Gasteiger partial charge in [0, 0.05) is 7.05 Å². The molecule has 1 fully saturated rings. The van der Waals surface area contributed by atoms with Crippen LogP contribution in [0.1, 0.15) is 6.42 Å². The van der Waals surface area contributed by atoms with Gasteiger partial charge < -0.3 is 10.4 Å². The highest BCUT2D eigenvalue weighted by atomic mass is 16.4. The molecular formula is C6H9NO3. The maximum Gasteiger partial charge on any atom is 0.307 e. The number of hydrogen-bond acceptors (Lipinski definition) is 2. The van der Waals surface area contributed by atoms with Crippen molar-refractivity contribution in [1.29, 1.82) is 0 Å². The molecule has 0 unspecified atom stereocenters. The van der Waals surface area contributed by atoms with Crippen molar-refractivity contribution in [3.63, 3.8) is 0 Å². The molecule has 2 atom stereocenters. The minimum Gasteiger partial charge on any atom is -0.481 e. The van der Waals surface area contributed by atoms with E-state index in [1.54, 1.807) is 0 Å². The van der Waals surface area contributed by atoms with Crippen LogP contribution in [0.25, 0.3) is 0 Å². The largest absolute Gasteiger partial charge is 0.481 e. The molecule has 10 heavy (non-hydrogen) atoms. The Kier molecular flexibility index (Phi) is 1.61. The molecule has 0 aliphatic heterocycles. The van der Waals surface area contributed by atoms with Gasteiger partial charge in [0.25, 0.3) is 0 Å². The number of carboxylic acid groups (broad SMARTS) is 1. The first-order chi connectivity index (χ1) is 4.66. The summed E-state index contributed by atoms with van der Waals surface area (Å²) < 4.78 is 0. The number of aliphatic carboxylic acids is 1. The van der Waals surface area contributed by atoms with E-state index < -0.39 is 11.9 Å². The fourth-order valence-electron chi connectivity index (χ4n) is 0.943. The number of nitrogens with one attached hydrogen (secondary N) is 1. The van der Waals surface area contributed by atoms with Crippen molar-refractivity contribution in [1.82, 2.24) is 5.32 Å². The van der Waals surface area contributed by atoms with E-state index in [-0.39, 0.29) is 11.8 Å². The van der Waals surface area contributed by atoms with Crippen molar-refractivity contribution < 1.29 is 14.7 Å². The van der Waals surface area contributed by atoms with Crippen LogP contribution in [0.3, 0.4) is 0 Å². The van der Waals surface area contributed by atoms with Gasteiger partial charge in [-0.05, 0) is 6.42 Å². The molecule has 1 aliphatic carbocycles. The van der Waals surface area contributed by atoms with Crippen molar-refractivity contribution in [2.45, 2.75) is 6.42 Å². The highest BCUT2D eigenvalue weighted by molar-refractivity contribution is 5.89. The monoisotopic (exact) mass is 143 g/mol. The first kappa shape index (κ1) is 7.05. The SMILES string of the molecule is CNC(=O)[C@@H]1C[C@@H]1C(=O)O. The van der Waals surface area contributed by atoms with Crippen LogP contribution in [0, 0.1) is 11.8 Å². The van der Waals surface area contributed by atoms with Gasteiger partial charge in [-0.15, -0.1) is 0 Å². The molecule has 0 aromatic carbocycles. The van der Waals surface area contributed by atoms with Crippen LogP contribution in [0.4, 0.5) is 0 Å². The lowest BCUT2D eigenvalue weighted by molar-refractivity contribution is -0.140. The summed E-state index contributed by atoms with van der Waals surface area (Å²) in [7, 11) is 1.51. The average molecular weight is 143 g/mol. The molecule has 1 amide bonds. The van der Waals surface area contributed by atoms with Crippen LogP contribution in [0.2, 0.25) is 0 Å². The third-order valence-electron chi connectivity index (χ3n) is 1.69. The summed E-state index contributed by atoms with van der Waals surface area (Å²) in [5.41, 5.74) is 0. The minimum absolute atomic E-state index is 0.160. The van der Waals surface area contributed by atoms with Crippen molar-refractivity contribution in [3.05, 3.63) is 0 Å². The van der Waals surface area contributed by atoms with Crippen LogP contribution in [-0.4, -0.2) is 24.0 Å². The smallest absolute Gasteiger partial charge is 0.307 e. The number of rotatable bonds is 2. The molecule has 1 saturated carbocycles. The van der Waals surface area contributed by atoms with Gasteiger partial charge in [-0.25, -0.2) is 0 Å². The maximum absolute atomic E-state index is 10.7. The summed E-state index contributed by atoms with van der Waals surface area (Å²) >= 11 is 0. The number of amides is 1. The summed E-state index contributed by atoms with van der Waals surface area (Å²) in [5.74, 6) is -1.73. The van der Waals surface area contributed by atoms with Crippen LogP contribution in [0.15, 0.2) is 0 Å². The molecular weight excluding hydrogens is 134 g/mol. The van der Waals surface area contributed by atoms with E-state index in [9.17, 15) is 9.59 Å². The summed E-state index contributed by atoms with van der Waals surface area (Å²) in [6.07, 6.45) is 0.495. The molecule has 0 aromatic rings. The first-order valence-electron chi connectivity index (χ1n) is 3.11. The second-order valence-corrected chi connectivity index (χ2v) is 2.40. The highest BCUT2D eigenvalue weighted by Gasteiger charge is 2.47. The Labute approximate surface area is 58.2 Å². The van der Waals surface area contributed by atoms with Gasteiger partial charge in [-0.1, -0.05) is 0 Å². The van der Waals surface area contributed by atoms with E-state index in [0.29, 0.717) is 6.42 Å². The molecule has 2 N–H and O–H groups in total. The molecule has 0 radical (unpaired) electrons. The predicted octanol–water partition coefficient (Wildman–Crippen LogP) is -0.547. The average Bonchev–Trinajstić information content (AvgIpc) is 2.64.